The molecule has 1 N–H and O–H groups in total. The molecule has 0 aliphatic heterocycles. The minimum atomic E-state index is -5.96. The van der Waals surface area contributed by atoms with Crippen LogP contribution in [0.4, 0.5) is 27.6 Å². The Morgan fingerprint density at radius 3 is 2.22 bits per heavy atom. The van der Waals surface area contributed by atoms with Crippen LogP contribution in [-0.4, -0.2) is 30.2 Å². The van der Waals surface area contributed by atoms with Crippen LogP contribution in [0.5, 0.6) is 5.75 Å². The summed E-state index contributed by atoms with van der Waals surface area (Å²) in [5, 5.41) is 9.06. The molecule has 1 rings (SSSR count). The largest absolute Gasteiger partial charge is 0.508 e. The first-order valence-corrected chi connectivity index (χ1v) is 4.59. The van der Waals surface area contributed by atoms with Gasteiger partial charge in [0.15, 0.2) is 0 Å². The highest BCUT2D eigenvalue weighted by Crippen LogP contribution is 2.37. The van der Waals surface area contributed by atoms with Gasteiger partial charge in [-0.25, -0.2) is 0 Å². The zero-order chi connectivity index (χ0) is 14.1. The highest BCUT2D eigenvalue weighted by molar-refractivity contribution is 5.98. The summed E-state index contributed by atoms with van der Waals surface area (Å²) >= 11 is 0. The molecule has 0 bridgehead atoms. The van der Waals surface area contributed by atoms with Crippen LogP contribution in [0, 0.1) is 0 Å². The van der Waals surface area contributed by atoms with Gasteiger partial charge in [0, 0.05) is 18.8 Å². The molecule has 1 amide bonds. The summed E-state index contributed by atoms with van der Waals surface area (Å²) in [5.74, 6) is -8.25. The maximum atomic E-state index is 12.8. The maximum Gasteiger partial charge on any atom is 0.463 e. The van der Waals surface area contributed by atoms with E-state index < -0.39 is 18.0 Å². The molecule has 0 unspecified atom stereocenters. The van der Waals surface area contributed by atoms with Crippen molar-refractivity contribution >= 4 is 11.6 Å². The van der Waals surface area contributed by atoms with Crippen molar-refractivity contribution in [3.8, 4) is 5.75 Å². The average Bonchev–Trinajstić information content (AvgIpc) is 2.25. The molecule has 0 saturated carbocycles. The Bertz CT molecular complexity index is 458. The van der Waals surface area contributed by atoms with E-state index in [0.717, 1.165) is 19.2 Å². The average molecular weight is 269 g/mol. The molecule has 0 heterocycles. The van der Waals surface area contributed by atoms with E-state index in [-0.39, 0.29) is 16.3 Å². The van der Waals surface area contributed by atoms with E-state index in [1.807, 2.05) is 0 Å². The van der Waals surface area contributed by atoms with Gasteiger partial charge in [0.2, 0.25) is 0 Å². The Hall–Kier alpha value is -1.86. The van der Waals surface area contributed by atoms with E-state index in [2.05, 4.69) is 0 Å². The van der Waals surface area contributed by atoms with Crippen LogP contribution >= 0.6 is 0 Å². The third-order valence-electron chi connectivity index (χ3n) is 2.15. The lowest BCUT2D eigenvalue weighted by atomic mass is 10.2. The minimum Gasteiger partial charge on any atom is -0.508 e. The Labute approximate surface area is 98.4 Å². The van der Waals surface area contributed by atoms with E-state index in [1.165, 1.54) is 12.1 Å². The Balaban J connectivity index is 3.05. The second-order valence-electron chi connectivity index (χ2n) is 3.46. The van der Waals surface area contributed by atoms with Crippen LogP contribution in [0.15, 0.2) is 24.3 Å². The van der Waals surface area contributed by atoms with Gasteiger partial charge in [-0.15, -0.1) is 0 Å². The van der Waals surface area contributed by atoms with Crippen molar-refractivity contribution in [2.24, 2.45) is 0 Å². The van der Waals surface area contributed by atoms with Gasteiger partial charge in [-0.1, -0.05) is 6.07 Å². The van der Waals surface area contributed by atoms with Gasteiger partial charge in [-0.3, -0.25) is 4.79 Å². The number of aromatic hydroxyl groups is 1. The first-order chi connectivity index (χ1) is 8.07. The number of nitrogens with zero attached hydrogens (tertiary/aromatic N) is 1. The predicted molar refractivity (Wildman–Crippen MR) is 52.5 cm³/mol. The predicted octanol–water partition coefficient (Wildman–Crippen LogP) is 2.55. The van der Waals surface area contributed by atoms with E-state index >= 15 is 0 Å². The van der Waals surface area contributed by atoms with E-state index in [9.17, 15) is 26.7 Å². The fraction of sp³-hybridized carbons (Fsp3) is 0.300. The molecular weight excluding hydrogens is 261 g/mol. The molecular formula is C10H8F5NO2. The van der Waals surface area contributed by atoms with Crippen molar-refractivity contribution in [3.05, 3.63) is 24.3 Å². The summed E-state index contributed by atoms with van der Waals surface area (Å²) in [5.41, 5.74) is -0.274. The number of phenols is 1. The highest BCUT2D eigenvalue weighted by atomic mass is 19.4. The maximum absolute atomic E-state index is 12.8. The first kappa shape index (κ1) is 14.2. The topological polar surface area (TPSA) is 40.5 Å². The lowest BCUT2D eigenvalue weighted by Gasteiger charge is -2.24. The number of amides is 1. The molecule has 0 fully saturated rings. The summed E-state index contributed by atoms with van der Waals surface area (Å²) in [7, 11) is 0.761. The van der Waals surface area contributed by atoms with Crippen LogP contribution in [0.25, 0.3) is 0 Å². The van der Waals surface area contributed by atoms with E-state index in [4.69, 9.17) is 5.11 Å². The van der Waals surface area contributed by atoms with Crippen molar-refractivity contribution in [3.63, 3.8) is 0 Å². The minimum absolute atomic E-state index is 0.132. The second kappa shape index (κ2) is 4.43. The molecule has 3 nitrogen and oxygen atoms in total. The van der Waals surface area contributed by atoms with Crippen molar-refractivity contribution in [1.82, 2.24) is 0 Å². The standard InChI is InChI=1S/C10H8F5NO2/c1-16(6-3-2-4-7(17)5-6)8(18)9(11,12)10(13,14)15/h2-5,17H,1H3. The number of alkyl halides is 5. The molecule has 0 aliphatic carbocycles. The Morgan fingerprint density at radius 1 is 1.22 bits per heavy atom. The van der Waals surface area contributed by atoms with Gasteiger partial charge in [-0.05, 0) is 12.1 Å². The molecule has 0 aliphatic rings. The Morgan fingerprint density at radius 2 is 1.78 bits per heavy atom. The van der Waals surface area contributed by atoms with Gasteiger partial charge < -0.3 is 10.0 Å². The number of hydrogen-bond donors (Lipinski definition) is 1. The van der Waals surface area contributed by atoms with Gasteiger partial charge in [0.1, 0.15) is 5.75 Å². The third kappa shape index (κ3) is 2.52. The molecule has 0 spiro atoms. The molecule has 0 aromatic heterocycles. The van der Waals surface area contributed by atoms with Crippen LogP contribution in [0.1, 0.15) is 0 Å². The molecule has 100 valence electrons. The van der Waals surface area contributed by atoms with Gasteiger partial charge in [0.05, 0.1) is 0 Å². The number of rotatable bonds is 2. The lowest BCUT2D eigenvalue weighted by molar-refractivity contribution is -0.268. The van der Waals surface area contributed by atoms with Gasteiger partial charge in [-0.2, -0.15) is 22.0 Å². The van der Waals surface area contributed by atoms with E-state index in [0.29, 0.717) is 0 Å². The monoisotopic (exact) mass is 269 g/mol. The number of anilines is 1. The number of phenolic OH excluding ortho intramolecular Hbond substituents is 1. The number of benzene rings is 1. The normalized spacial score (nSPS) is 12.3. The van der Waals surface area contributed by atoms with Crippen molar-refractivity contribution < 1.29 is 31.9 Å². The van der Waals surface area contributed by atoms with Gasteiger partial charge in [0.25, 0.3) is 0 Å². The summed E-state index contributed by atoms with van der Waals surface area (Å²) in [4.78, 5) is 11.2. The second-order valence-corrected chi connectivity index (χ2v) is 3.46. The van der Waals surface area contributed by atoms with Crippen molar-refractivity contribution in [2.75, 3.05) is 11.9 Å². The number of carbonyl (C=O) groups is 1. The van der Waals surface area contributed by atoms with Crippen molar-refractivity contribution in [1.29, 1.82) is 0 Å². The highest BCUT2D eigenvalue weighted by Gasteiger charge is 2.64. The molecule has 0 saturated heterocycles. The number of hydrogen-bond acceptors (Lipinski definition) is 2. The summed E-state index contributed by atoms with van der Waals surface area (Å²) in [6.07, 6.45) is -5.96. The number of halogens is 5. The molecule has 1 aromatic rings. The third-order valence-corrected chi connectivity index (χ3v) is 2.15. The number of carbonyl (C=O) groups excluding carboxylic acids is 1. The zero-order valence-corrected chi connectivity index (χ0v) is 9.00. The molecule has 0 atom stereocenters. The zero-order valence-electron chi connectivity index (χ0n) is 9.00. The molecule has 0 radical (unpaired) electrons. The van der Waals surface area contributed by atoms with Crippen LogP contribution in [0.2, 0.25) is 0 Å². The molecule has 8 heteroatoms. The molecule has 18 heavy (non-hydrogen) atoms. The lowest BCUT2D eigenvalue weighted by Crippen LogP contribution is -2.51. The quantitative estimate of drug-likeness (QED) is 0.838. The summed E-state index contributed by atoms with van der Waals surface area (Å²) < 4.78 is 61.5. The molecule has 1 aromatic carbocycles. The SMILES string of the molecule is CN(C(=O)C(F)(F)C(F)(F)F)c1cccc(O)c1. The Kier molecular flexibility index (Phi) is 3.50. The summed E-state index contributed by atoms with van der Waals surface area (Å²) in [6, 6.07) is 4.40. The smallest absolute Gasteiger partial charge is 0.463 e. The summed E-state index contributed by atoms with van der Waals surface area (Å²) in [6.45, 7) is 0. The van der Waals surface area contributed by atoms with Crippen LogP contribution < -0.4 is 4.90 Å². The van der Waals surface area contributed by atoms with Crippen LogP contribution in [-0.2, 0) is 4.79 Å². The van der Waals surface area contributed by atoms with Crippen molar-refractivity contribution in [2.45, 2.75) is 12.1 Å². The fourth-order valence-electron chi connectivity index (χ4n) is 1.15. The first-order valence-electron chi connectivity index (χ1n) is 4.59. The fourth-order valence-corrected chi connectivity index (χ4v) is 1.15. The van der Waals surface area contributed by atoms with E-state index in [1.54, 1.807) is 0 Å². The van der Waals surface area contributed by atoms with Gasteiger partial charge >= 0.3 is 18.0 Å². The van der Waals surface area contributed by atoms with Crippen LogP contribution in [0.3, 0.4) is 0 Å².